The second-order valence-electron chi connectivity index (χ2n) is 8.34. The largest absolute Gasteiger partial charge is 0.497 e. The van der Waals surface area contributed by atoms with Gasteiger partial charge in [0.15, 0.2) is 0 Å². The summed E-state index contributed by atoms with van der Waals surface area (Å²) in [4.78, 5) is 15.7. The topological polar surface area (TPSA) is 76.1 Å². The lowest BCUT2D eigenvalue weighted by molar-refractivity contribution is -0.136. The Hall–Kier alpha value is -2.58. The van der Waals surface area contributed by atoms with Crippen LogP contribution in [0.1, 0.15) is 30.7 Å². The number of carbonyl (C=O) groups is 1. The van der Waals surface area contributed by atoms with Gasteiger partial charge in [-0.2, -0.15) is 4.31 Å². The van der Waals surface area contributed by atoms with Crippen LogP contribution in [-0.4, -0.2) is 63.9 Å². The van der Waals surface area contributed by atoms with Gasteiger partial charge in [0, 0.05) is 37.7 Å². The molecule has 2 aromatic carbocycles. The Kier molecular flexibility index (Phi) is 6.71. The molecule has 2 unspecified atom stereocenters. The number of piperidine rings is 1. The highest BCUT2D eigenvalue weighted by atomic mass is 32.2. The van der Waals surface area contributed by atoms with Crippen molar-refractivity contribution in [3.05, 3.63) is 54.1 Å². The first-order valence-electron chi connectivity index (χ1n) is 11.0. The summed E-state index contributed by atoms with van der Waals surface area (Å²) < 4.78 is 39.2. The minimum Gasteiger partial charge on any atom is -0.497 e. The van der Waals surface area contributed by atoms with Crippen LogP contribution in [0.4, 0.5) is 0 Å². The number of likely N-dealkylation sites (tertiary alicyclic amines) is 1. The molecule has 172 valence electrons. The van der Waals surface area contributed by atoms with Crippen LogP contribution in [-0.2, 0) is 14.8 Å². The number of ether oxygens (including phenoxy) is 2. The summed E-state index contributed by atoms with van der Waals surface area (Å²) >= 11 is 0. The first-order valence-corrected chi connectivity index (χ1v) is 12.5. The van der Waals surface area contributed by atoms with Crippen molar-refractivity contribution in [2.24, 2.45) is 5.92 Å². The van der Waals surface area contributed by atoms with Gasteiger partial charge in [0.25, 0.3) is 0 Å². The Morgan fingerprint density at radius 3 is 2.31 bits per heavy atom. The summed E-state index contributed by atoms with van der Waals surface area (Å²) in [5.41, 5.74) is 0.799. The highest BCUT2D eigenvalue weighted by Gasteiger charge is 2.45. The molecule has 2 saturated heterocycles. The van der Waals surface area contributed by atoms with Crippen molar-refractivity contribution in [2.75, 3.05) is 40.4 Å². The minimum absolute atomic E-state index is 0.0188. The molecule has 0 radical (unpaired) electrons. The Balaban J connectivity index is 1.73. The number of rotatable bonds is 6. The Morgan fingerprint density at radius 2 is 1.66 bits per heavy atom. The fourth-order valence-electron chi connectivity index (χ4n) is 4.75. The van der Waals surface area contributed by atoms with Crippen molar-refractivity contribution >= 4 is 15.9 Å². The van der Waals surface area contributed by atoms with Crippen LogP contribution in [0.5, 0.6) is 11.5 Å². The van der Waals surface area contributed by atoms with Gasteiger partial charge < -0.3 is 14.4 Å². The summed E-state index contributed by atoms with van der Waals surface area (Å²) in [6.07, 6.45) is 3.09. The molecular formula is C24H30N2O5S. The van der Waals surface area contributed by atoms with Gasteiger partial charge in [0.1, 0.15) is 11.5 Å². The third-order valence-corrected chi connectivity index (χ3v) is 8.33. The molecule has 4 rings (SSSR count). The molecular weight excluding hydrogens is 428 g/mol. The molecule has 2 atom stereocenters. The van der Waals surface area contributed by atoms with E-state index >= 15 is 0 Å². The highest BCUT2D eigenvalue weighted by Crippen LogP contribution is 2.42. The van der Waals surface area contributed by atoms with E-state index in [-0.39, 0.29) is 29.8 Å². The van der Waals surface area contributed by atoms with Gasteiger partial charge in [-0.3, -0.25) is 4.79 Å². The molecule has 2 aliphatic heterocycles. The number of hydrogen-bond acceptors (Lipinski definition) is 5. The maximum absolute atomic E-state index is 13.6. The molecule has 0 aromatic heterocycles. The molecule has 2 heterocycles. The highest BCUT2D eigenvalue weighted by molar-refractivity contribution is 7.89. The van der Waals surface area contributed by atoms with Crippen molar-refractivity contribution in [2.45, 2.75) is 30.1 Å². The van der Waals surface area contributed by atoms with Gasteiger partial charge in [0.05, 0.1) is 25.0 Å². The summed E-state index contributed by atoms with van der Waals surface area (Å²) in [5.74, 6) is 0.492. The number of carbonyl (C=O) groups excluding carboxylic acids is 1. The third-order valence-electron chi connectivity index (χ3n) is 6.49. The van der Waals surface area contributed by atoms with Crippen LogP contribution in [0.15, 0.2) is 53.4 Å². The second kappa shape index (κ2) is 9.50. The van der Waals surface area contributed by atoms with E-state index in [0.29, 0.717) is 11.5 Å². The van der Waals surface area contributed by atoms with E-state index in [1.165, 1.54) is 4.31 Å². The fraction of sp³-hybridized carbons (Fsp3) is 0.458. The Morgan fingerprint density at radius 1 is 0.938 bits per heavy atom. The number of hydrogen-bond donors (Lipinski definition) is 0. The van der Waals surface area contributed by atoms with Gasteiger partial charge in [-0.1, -0.05) is 18.2 Å². The standard InChI is InChI=1S/C24H30N2O5S/c1-30-18-11-12-23(31-2)20(15-18)21-16-26(32(28,29)19-9-5-3-6-10-19)17-22(21)24(27)25-13-7-4-8-14-25/h3,5-6,9-12,15,21-22H,4,7-8,13-14,16-17H2,1-2H3. The van der Waals surface area contributed by atoms with Gasteiger partial charge in [-0.05, 0) is 49.6 Å². The Labute approximate surface area is 190 Å². The zero-order chi connectivity index (χ0) is 22.7. The van der Waals surface area contributed by atoms with Crippen LogP contribution in [0.25, 0.3) is 0 Å². The van der Waals surface area contributed by atoms with Crippen molar-refractivity contribution in [1.29, 1.82) is 0 Å². The molecule has 0 N–H and O–H groups in total. The van der Waals surface area contributed by atoms with Crippen LogP contribution in [0, 0.1) is 5.92 Å². The van der Waals surface area contributed by atoms with E-state index in [1.807, 2.05) is 17.0 Å². The summed E-state index contributed by atoms with van der Waals surface area (Å²) in [6, 6.07) is 13.9. The van der Waals surface area contributed by atoms with E-state index in [4.69, 9.17) is 9.47 Å². The molecule has 0 spiro atoms. The molecule has 0 saturated carbocycles. The predicted octanol–water partition coefficient (Wildman–Crippen LogP) is 3.12. The van der Waals surface area contributed by atoms with Crippen molar-refractivity contribution in [3.63, 3.8) is 0 Å². The molecule has 1 amide bonds. The molecule has 2 aromatic rings. The van der Waals surface area contributed by atoms with Gasteiger partial charge in [0.2, 0.25) is 15.9 Å². The van der Waals surface area contributed by atoms with E-state index in [0.717, 1.165) is 37.9 Å². The van der Waals surface area contributed by atoms with Crippen molar-refractivity contribution in [3.8, 4) is 11.5 Å². The van der Waals surface area contributed by atoms with E-state index in [2.05, 4.69) is 0 Å². The van der Waals surface area contributed by atoms with Crippen LogP contribution < -0.4 is 9.47 Å². The first kappa shape index (κ1) is 22.6. The number of methoxy groups -OCH3 is 2. The second-order valence-corrected chi connectivity index (χ2v) is 10.3. The number of amides is 1. The number of benzene rings is 2. The van der Waals surface area contributed by atoms with Gasteiger partial charge >= 0.3 is 0 Å². The average Bonchev–Trinajstić information content (AvgIpc) is 3.30. The van der Waals surface area contributed by atoms with Crippen molar-refractivity contribution < 1.29 is 22.7 Å². The molecule has 2 fully saturated rings. The summed E-state index contributed by atoms with van der Waals surface area (Å²) in [5, 5.41) is 0. The van der Waals surface area contributed by atoms with Gasteiger partial charge in [-0.25, -0.2) is 8.42 Å². The zero-order valence-electron chi connectivity index (χ0n) is 18.6. The van der Waals surface area contributed by atoms with E-state index in [1.54, 1.807) is 50.6 Å². The van der Waals surface area contributed by atoms with Crippen molar-refractivity contribution in [1.82, 2.24) is 9.21 Å². The number of sulfonamides is 1. The lowest BCUT2D eigenvalue weighted by Gasteiger charge is -2.31. The van der Waals surface area contributed by atoms with Crippen LogP contribution >= 0.6 is 0 Å². The van der Waals surface area contributed by atoms with E-state index in [9.17, 15) is 13.2 Å². The fourth-order valence-corrected chi connectivity index (χ4v) is 6.26. The molecule has 8 heteroatoms. The predicted molar refractivity (Wildman–Crippen MR) is 121 cm³/mol. The maximum atomic E-state index is 13.6. The lowest BCUT2D eigenvalue weighted by Crippen LogP contribution is -2.42. The average molecular weight is 459 g/mol. The van der Waals surface area contributed by atoms with E-state index < -0.39 is 15.9 Å². The quantitative estimate of drug-likeness (QED) is 0.665. The van der Waals surface area contributed by atoms with Crippen LogP contribution in [0.3, 0.4) is 0 Å². The normalized spacial score (nSPS) is 22.0. The summed E-state index contributed by atoms with van der Waals surface area (Å²) in [6.45, 7) is 1.81. The lowest BCUT2D eigenvalue weighted by atomic mass is 9.86. The minimum atomic E-state index is -3.72. The molecule has 2 aliphatic rings. The molecule has 0 aliphatic carbocycles. The zero-order valence-corrected chi connectivity index (χ0v) is 19.4. The molecule has 0 bridgehead atoms. The maximum Gasteiger partial charge on any atom is 0.243 e. The summed E-state index contributed by atoms with van der Waals surface area (Å²) in [7, 11) is -0.552. The molecule has 7 nitrogen and oxygen atoms in total. The monoisotopic (exact) mass is 458 g/mol. The molecule has 32 heavy (non-hydrogen) atoms. The van der Waals surface area contributed by atoms with Crippen LogP contribution in [0.2, 0.25) is 0 Å². The first-order chi connectivity index (χ1) is 15.5. The Bertz CT molecular complexity index is 1050. The third kappa shape index (κ3) is 4.34. The smallest absolute Gasteiger partial charge is 0.243 e. The number of nitrogens with zero attached hydrogens (tertiary/aromatic N) is 2. The van der Waals surface area contributed by atoms with Gasteiger partial charge in [-0.15, -0.1) is 0 Å². The SMILES string of the molecule is COc1ccc(OC)c(C2CN(S(=O)(=O)c3ccccc3)CC2C(=O)N2CCCCC2)c1.